The van der Waals surface area contributed by atoms with E-state index in [2.05, 4.69) is 29.6 Å². The average molecular weight is 221 g/mol. The van der Waals surface area contributed by atoms with E-state index >= 15 is 0 Å². The lowest BCUT2D eigenvalue weighted by molar-refractivity contribution is 0.509. The first kappa shape index (κ1) is 10.6. The summed E-state index contributed by atoms with van der Waals surface area (Å²) in [5.41, 5.74) is 1.36. The van der Waals surface area contributed by atoms with Crippen molar-refractivity contribution in [2.24, 2.45) is 5.92 Å². The van der Waals surface area contributed by atoms with E-state index in [1.807, 2.05) is 6.07 Å². The Morgan fingerprint density at radius 2 is 2.13 bits per heavy atom. The highest BCUT2D eigenvalue weighted by atomic mass is 32.1. The van der Waals surface area contributed by atoms with Crippen molar-refractivity contribution in [3.63, 3.8) is 0 Å². The molecule has 3 heteroatoms. The predicted molar refractivity (Wildman–Crippen MR) is 65.3 cm³/mol. The number of aliphatic hydroxyl groups excluding tert-OH is 1. The topological polar surface area (TPSA) is 32.3 Å². The molecule has 15 heavy (non-hydrogen) atoms. The molecular weight excluding hydrogens is 206 g/mol. The second-order valence-corrected chi connectivity index (χ2v) is 4.51. The Bertz CT molecular complexity index is 339. The molecular formula is C12H15NOS. The van der Waals surface area contributed by atoms with Gasteiger partial charge in [0.25, 0.3) is 0 Å². The fourth-order valence-corrected chi connectivity index (χ4v) is 2.28. The van der Waals surface area contributed by atoms with Crippen molar-refractivity contribution in [3.05, 3.63) is 35.9 Å². The second-order valence-electron chi connectivity index (χ2n) is 4.09. The molecule has 1 saturated heterocycles. The summed E-state index contributed by atoms with van der Waals surface area (Å²) in [6.45, 7) is 0.945. The predicted octanol–water partition coefficient (Wildman–Crippen LogP) is 2.09. The molecule has 1 aliphatic rings. The molecule has 1 aromatic carbocycles. The summed E-state index contributed by atoms with van der Waals surface area (Å²) in [4.78, 5) is 0. The number of aliphatic hydroxyl groups is 1. The maximum Gasteiger partial charge on any atom is 0.174 e. The molecule has 0 unspecified atom stereocenters. The normalized spacial score (nSPS) is 25.3. The van der Waals surface area contributed by atoms with Crippen LogP contribution in [0, 0.1) is 5.92 Å². The monoisotopic (exact) mass is 221 g/mol. The van der Waals surface area contributed by atoms with Gasteiger partial charge in [-0.25, -0.2) is 0 Å². The van der Waals surface area contributed by atoms with Crippen LogP contribution in [0.5, 0.6) is 0 Å². The summed E-state index contributed by atoms with van der Waals surface area (Å²) in [6.07, 6.45) is 2.01. The van der Waals surface area contributed by atoms with E-state index in [0.29, 0.717) is 5.92 Å². The number of rotatable bonds is 3. The molecule has 0 saturated carbocycles. The lowest BCUT2D eigenvalue weighted by Crippen LogP contribution is -2.28. The van der Waals surface area contributed by atoms with Crippen LogP contribution < -0.4 is 5.32 Å². The molecule has 1 aromatic rings. The first-order valence-corrected chi connectivity index (χ1v) is 5.66. The fourth-order valence-electron chi connectivity index (χ4n) is 2.10. The lowest BCUT2D eigenvalue weighted by Gasteiger charge is -2.08. The van der Waals surface area contributed by atoms with Crippen molar-refractivity contribution in [3.8, 4) is 0 Å². The van der Waals surface area contributed by atoms with Gasteiger partial charge in [-0.3, -0.25) is 0 Å². The minimum atomic E-state index is 0.0220. The minimum Gasteiger partial charge on any atom is -0.501 e. The summed E-state index contributed by atoms with van der Waals surface area (Å²) < 4.78 is 0. The van der Waals surface area contributed by atoms with Gasteiger partial charge < -0.3 is 10.4 Å². The van der Waals surface area contributed by atoms with Gasteiger partial charge in [0.1, 0.15) is 0 Å². The Kier molecular flexibility index (Phi) is 3.34. The van der Waals surface area contributed by atoms with Crippen LogP contribution in [0.15, 0.2) is 30.3 Å². The number of benzene rings is 1. The largest absolute Gasteiger partial charge is 0.501 e. The number of nitrogens with one attached hydrogen (secondary N) is 1. The Labute approximate surface area is 95.3 Å². The molecule has 0 spiro atoms. The standard InChI is InChI=1S/C12H15NOS/c14-12(15)11-7-10(8-13-11)6-9-4-2-1-3-5-9/h1-5,10-11,13H,6-8H2,(H,14,15)/t10-,11-/m0/s1. The first-order valence-electron chi connectivity index (χ1n) is 5.26. The van der Waals surface area contributed by atoms with E-state index in [4.69, 9.17) is 12.2 Å². The van der Waals surface area contributed by atoms with E-state index in [1.165, 1.54) is 5.56 Å². The van der Waals surface area contributed by atoms with Crippen molar-refractivity contribution in [1.82, 2.24) is 5.32 Å². The zero-order chi connectivity index (χ0) is 10.7. The van der Waals surface area contributed by atoms with Crippen LogP contribution in [0.4, 0.5) is 0 Å². The van der Waals surface area contributed by atoms with Crippen molar-refractivity contribution in [1.29, 1.82) is 0 Å². The fraction of sp³-hybridized carbons (Fsp3) is 0.417. The molecule has 0 amide bonds. The molecule has 80 valence electrons. The number of hydrogen-bond donors (Lipinski definition) is 2. The highest BCUT2D eigenvalue weighted by Gasteiger charge is 2.26. The average Bonchev–Trinajstić information content (AvgIpc) is 2.68. The Hall–Kier alpha value is -0.930. The zero-order valence-corrected chi connectivity index (χ0v) is 9.33. The van der Waals surface area contributed by atoms with Gasteiger partial charge in [0.2, 0.25) is 0 Å². The summed E-state index contributed by atoms with van der Waals surface area (Å²) in [5.74, 6) is 0.586. The maximum atomic E-state index is 9.20. The van der Waals surface area contributed by atoms with Crippen LogP contribution in [0.1, 0.15) is 12.0 Å². The Balaban J connectivity index is 1.90. The van der Waals surface area contributed by atoms with Gasteiger partial charge in [-0.05, 0) is 43.1 Å². The smallest absolute Gasteiger partial charge is 0.174 e. The van der Waals surface area contributed by atoms with E-state index < -0.39 is 0 Å². The minimum absolute atomic E-state index is 0.0220. The molecule has 2 rings (SSSR count). The molecule has 0 bridgehead atoms. The molecule has 0 aliphatic carbocycles. The van der Waals surface area contributed by atoms with Gasteiger partial charge in [-0.15, -0.1) is 0 Å². The highest BCUT2D eigenvalue weighted by molar-refractivity contribution is 7.80. The number of thiocarbonyl (C=S) groups is 1. The van der Waals surface area contributed by atoms with E-state index in [1.54, 1.807) is 0 Å². The third-order valence-electron chi connectivity index (χ3n) is 2.89. The van der Waals surface area contributed by atoms with Crippen LogP contribution in [-0.2, 0) is 6.42 Å². The first-order chi connectivity index (χ1) is 7.25. The van der Waals surface area contributed by atoms with Crippen LogP contribution in [0.3, 0.4) is 0 Å². The summed E-state index contributed by atoms with van der Waals surface area (Å²) in [5, 5.41) is 12.5. The van der Waals surface area contributed by atoms with Crippen molar-refractivity contribution in [2.75, 3.05) is 6.54 Å². The molecule has 2 nitrogen and oxygen atoms in total. The molecule has 2 atom stereocenters. The maximum absolute atomic E-state index is 9.20. The summed E-state index contributed by atoms with van der Waals surface area (Å²) >= 11 is 4.77. The molecule has 1 fully saturated rings. The van der Waals surface area contributed by atoms with Crippen LogP contribution in [0.2, 0.25) is 0 Å². The SMILES string of the molecule is OC(=S)[C@@H]1C[C@H](Cc2ccccc2)CN1. The van der Waals surface area contributed by atoms with Gasteiger partial charge in [-0.2, -0.15) is 0 Å². The lowest BCUT2D eigenvalue weighted by atomic mass is 9.97. The molecule has 1 heterocycles. The molecule has 2 N–H and O–H groups in total. The van der Waals surface area contributed by atoms with Gasteiger partial charge in [0.05, 0.1) is 6.04 Å². The highest BCUT2D eigenvalue weighted by Crippen LogP contribution is 2.19. The van der Waals surface area contributed by atoms with E-state index in [-0.39, 0.29) is 11.1 Å². The van der Waals surface area contributed by atoms with Crippen molar-refractivity contribution < 1.29 is 5.11 Å². The number of hydrogen-bond acceptors (Lipinski definition) is 2. The van der Waals surface area contributed by atoms with Crippen LogP contribution >= 0.6 is 12.2 Å². The molecule has 0 aromatic heterocycles. The van der Waals surface area contributed by atoms with Gasteiger partial charge >= 0.3 is 0 Å². The Morgan fingerprint density at radius 1 is 1.40 bits per heavy atom. The van der Waals surface area contributed by atoms with Crippen molar-refractivity contribution >= 4 is 17.3 Å². The third kappa shape index (κ3) is 2.76. The summed E-state index contributed by atoms with van der Waals surface area (Å²) in [7, 11) is 0. The third-order valence-corrected chi connectivity index (χ3v) is 3.17. The van der Waals surface area contributed by atoms with Crippen LogP contribution in [-0.4, -0.2) is 22.7 Å². The van der Waals surface area contributed by atoms with Gasteiger partial charge in [0.15, 0.2) is 5.05 Å². The second kappa shape index (κ2) is 4.73. The zero-order valence-electron chi connectivity index (χ0n) is 8.52. The molecule has 1 aliphatic heterocycles. The van der Waals surface area contributed by atoms with Crippen LogP contribution in [0.25, 0.3) is 0 Å². The van der Waals surface area contributed by atoms with E-state index in [9.17, 15) is 5.11 Å². The van der Waals surface area contributed by atoms with Gasteiger partial charge in [-0.1, -0.05) is 30.3 Å². The van der Waals surface area contributed by atoms with Gasteiger partial charge in [0, 0.05) is 0 Å². The van der Waals surface area contributed by atoms with Crippen molar-refractivity contribution in [2.45, 2.75) is 18.9 Å². The quantitative estimate of drug-likeness (QED) is 0.767. The Morgan fingerprint density at radius 3 is 2.73 bits per heavy atom. The van der Waals surface area contributed by atoms with E-state index in [0.717, 1.165) is 19.4 Å². The molecule has 0 radical (unpaired) electrons. The summed E-state index contributed by atoms with van der Waals surface area (Å²) in [6, 6.07) is 10.5.